The van der Waals surface area contributed by atoms with Crippen LogP contribution < -0.4 is 10.2 Å². The lowest BCUT2D eigenvalue weighted by Crippen LogP contribution is -2.36. The molecule has 0 spiro atoms. The minimum absolute atomic E-state index is 0.257. The van der Waals surface area contributed by atoms with Crippen LogP contribution in [0.2, 0.25) is 0 Å². The first-order valence-electron chi connectivity index (χ1n) is 12.2. The molecule has 4 rings (SSSR count). The quantitative estimate of drug-likeness (QED) is 0.320. The van der Waals surface area contributed by atoms with Crippen molar-refractivity contribution in [3.05, 3.63) is 77.1 Å². The molecule has 188 valence electrons. The number of nitrogens with one attached hydrogen (secondary N) is 1. The van der Waals surface area contributed by atoms with Crippen molar-refractivity contribution in [3.8, 4) is 0 Å². The highest BCUT2D eigenvalue weighted by Gasteiger charge is 2.15. The Bertz CT molecular complexity index is 1180. The van der Waals surface area contributed by atoms with Crippen LogP contribution in [0, 0.1) is 13.8 Å². The van der Waals surface area contributed by atoms with Gasteiger partial charge in [-0.05, 0) is 38.0 Å². The van der Waals surface area contributed by atoms with Crippen molar-refractivity contribution in [2.24, 2.45) is 10.2 Å². The Balaban J connectivity index is 1.35. The highest BCUT2D eigenvalue weighted by Crippen LogP contribution is 2.21. The Kier molecular flexibility index (Phi) is 8.93. The Morgan fingerprint density at radius 1 is 1.06 bits per heavy atom. The van der Waals surface area contributed by atoms with E-state index in [0.717, 1.165) is 30.0 Å². The summed E-state index contributed by atoms with van der Waals surface area (Å²) in [5.41, 5.74) is 4.12. The number of hydrogen-bond acceptors (Lipinski definition) is 8. The summed E-state index contributed by atoms with van der Waals surface area (Å²) in [6.45, 7) is 7.64. The van der Waals surface area contributed by atoms with Gasteiger partial charge in [0.25, 0.3) is 0 Å². The molecule has 1 saturated heterocycles. The van der Waals surface area contributed by atoms with Gasteiger partial charge in [0.05, 0.1) is 26.4 Å². The largest absolute Gasteiger partial charge is 0.449 e. The SMILES string of the molecule is Cc1ccc(NC(=O)OCCCc2nc(N=NCc3cccc(C)c3)cc(N3CCOCC3)n2)cc1. The number of ether oxygens (including phenoxy) is 2. The average molecular weight is 489 g/mol. The number of aryl methyl sites for hydroxylation is 3. The zero-order valence-corrected chi connectivity index (χ0v) is 20.8. The second kappa shape index (κ2) is 12.7. The van der Waals surface area contributed by atoms with Gasteiger partial charge in [0.15, 0.2) is 5.82 Å². The Labute approximate surface area is 211 Å². The number of hydrogen-bond donors (Lipinski definition) is 1. The van der Waals surface area contributed by atoms with Crippen LogP contribution in [0.25, 0.3) is 0 Å². The lowest BCUT2D eigenvalue weighted by atomic mass is 10.1. The number of anilines is 2. The highest BCUT2D eigenvalue weighted by atomic mass is 16.5. The third kappa shape index (κ3) is 7.84. The maximum atomic E-state index is 12.1. The fourth-order valence-electron chi connectivity index (χ4n) is 3.77. The molecule has 1 aromatic heterocycles. The van der Waals surface area contributed by atoms with Crippen LogP contribution in [-0.4, -0.2) is 49.0 Å². The minimum atomic E-state index is -0.479. The Morgan fingerprint density at radius 2 is 1.86 bits per heavy atom. The predicted molar refractivity (Wildman–Crippen MR) is 139 cm³/mol. The predicted octanol–water partition coefficient (Wildman–Crippen LogP) is 5.40. The molecule has 1 aliphatic rings. The van der Waals surface area contributed by atoms with Gasteiger partial charge >= 0.3 is 6.09 Å². The molecule has 0 aliphatic carbocycles. The molecule has 1 fully saturated rings. The third-order valence-corrected chi connectivity index (χ3v) is 5.67. The molecule has 1 amide bonds. The number of carbonyl (C=O) groups excluding carboxylic acids is 1. The molecule has 0 unspecified atom stereocenters. The van der Waals surface area contributed by atoms with Crippen molar-refractivity contribution in [2.75, 3.05) is 43.1 Å². The van der Waals surface area contributed by atoms with Gasteiger partial charge in [0.1, 0.15) is 11.6 Å². The van der Waals surface area contributed by atoms with Gasteiger partial charge in [0, 0.05) is 31.3 Å². The molecule has 2 aromatic carbocycles. The van der Waals surface area contributed by atoms with E-state index < -0.39 is 6.09 Å². The van der Waals surface area contributed by atoms with E-state index in [-0.39, 0.29) is 6.61 Å². The first-order chi connectivity index (χ1) is 17.5. The van der Waals surface area contributed by atoms with Crippen molar-refractivity contribution in [2.45, 2.75) is 33.2 Å². The maximum Gasteiger partial charge on any atom is 0.411 e. The smallest absolute Gasteiger partial charge is 0.411 e. The molecule has 2 heterocycles. The lowest BCUT2D eigenvalue weighted by molar-refractivity contribution is 0.122. The molecule has 1 aliphatic heterocycles. The van der Waals surface area contributed by atoms with Gasteiger partial charge in [-0.15, -0.1) is 5.11 Å². The maximum absolute atomic E-state index is 12.1. The summed E-state index contributed by atoms with van der Waals surface area (Å²) in [5, 5.41) is 11.5. The van der Waals surface area contributed by atoms with E-state index in [0.29, 0.717) is 49.9 Å². The van der Waals surface area contributed by atoms with Crippen LogP contribution in [0.15, 0.2) is 64.8 Å². The second-order valence-corrected chi connectivity index (χ2v) is 8.72. The third-order valence-electron chi connectivity index (χ3n) is 5.67. The van der Waals surface area contributed by atoms with Crippen molar-refractivity contribution >= 4 is 23.4 Å². The number of nitrogens with zero attached hydrogens (tertiary/aromatic N) is 5. The second-order valence-electron chi connectivity index (χ2n) is 8.72. The zero-order valence-electron chi connectivity index (χ0n) is 20.8. The molecule has 0 atom stereocenters. The van der Waals surface area contributed by atoms with Gasteiger partial charge in [-0.2, -0.15) is 5.11 Å². The van der Waals surface area contributed by atoms with E-state index in [4.69, 9.17) is 14.5 Å². The molecule has 1 N–H and O–H groups in total. The molecular weight excluding hydrogens is 456 g/mol. The number of morpholine rings is 1. The number of carbonyl (C=O) groups is 1. The normalized spacial score (nSPS) is 13.7. The summed E-state index contributed by atoms with van der Waals surface area (Å²) in [7, 11) is 0. The molecule has 0 saturated carbocycles. The zero-order chi connectivity index (χ0) is 25.2. The molecule has 3 aromatic rings. The van der Waals surface area contributed by atoms with E-state index in [2.05, 4.69) is 44.5 Å². The van der Waals surface area contributed by atoms with Crippen LogP contribution in [0.3, 0.4) is 0 Å². The molecule has 9 nitrogen and oxygen atoms in total. The summed E-state index contributed by atoms with van der Waals surface area (Å²) in [5.74, 6) is 1.98. The summed E-state index contributed by atoms with van der Waals surface area (Å²) >= 11 is 0. The minimum Gasteiger partial charge on any atom is -0.449 e. The van der Waals surface area contributed by atoms with Crippen molar-refractivity contribution in [1.29, 1.82) is 0 Å². The molecule has 36 heavy (non-hydrogen) atoms. The summed E-state index contributed by atoms with van der Waals surface area (Å²) in [6.07, 6.45) is 0.664. The first kappa shape index (κ1) is 25.2. The fraction of sp³-hybridized carbons (Fsp3) is 0.370. The molecule has 9 heteroatoms. The number of aromatic nitrogens is 2. The van der Waals surface area contributed by atoms with Gasteiger partial charge in [0.2, 0.25) is 0 Å². The van der Waals surface area contributed by atoms with E-state index in [1.165, 1.54) is 5.56 Å². The van der Waals surface area contributed by atoms with E-state index in [9.17, 15) is 4.79 Å². The Hall–Kier alpha value is -3.85. The standard InChI is InChI=1S/C27H32N6O3/c1-20-8-10-23(11-9-20)29-27(34)36-14-4-7-24-30-25(18-26(31-24)33-12-15-35-16-13-33)32-28-19-22-6-3-5-21(2)17-22/h3,5-6,8-11,17-18H,4,7,12-16,19H2,1-2H3,(H,29,34). The summed E-state index contributed by atoms with van der Waals surface area (Å²) in [6, 6.07) is 17.6. The van der Waals surface area contributed by atoms with Crippen molar-refractivity contribution < 1.29 is 14.3 Å². The number of rotatable bonds is 9. The van der Waals surface area contributed by atoms with Crippen LogP contribution in [0.5, 0.6) is 0 Å². The van der Waals surface area contributed by atoms with Crippen molar-refractivity contribution in [1.82, 2.24) is 9.97 Å². The van der Waals surface area contributed by atoms with Crippen LogP contribution in [0.1, 0.15) is 28.9 Å². The Morgan fingerprint density at radius 3 is 2.64 bits per heavy atom. The van der Waals surface area contributed by atoms with Gasteiger partial charge in [-0.1, -0.05) is 47.5 Å². The van der Waals surface area contributed by atoms with Crippen LogP contribution in [-0.2, 0) is 22.4 Å². The van der Waals surface area contributed by atoms with Gasteiger partial charge in [-0.3, -0.25) is 5.32 Å². The monoisotopic (exact) mass is 488 g/mol. The highest BCUT2D eigenvalue weighted by molar-refractivity contribution is 5.84. The van der Waals surface area contributed by atoms with E-state index in [1.54, 1.807) is 0 Å². The van der Waals surface area contributed by atoms with Gasteiger partial charge in [-0.25, -0.2) is 14.8 Å². The summed E-state index contributed by atoms with van der Waals surface area (Å²) in [4.78, 5) is 23.5. The fourth-order valence-corrected chi connectivity index (χ4v) is 3.77. The van der Waals surface area contributed by atoms with Crippen LogP contribution >= 0.6 is 0 Å². The lowest BCUT2D eigenvalue weighted by Gasteiger charge is -2.28. The number of amides is 1. The van der Waals surface area contributed by atoms with Crippen LogP contribution in [0.4, 0.5) is 22.1 Å². The number of benzene rings is 2. The number of azo groups is 1. The van der Waals surface area contributed by atoms with E-state index in [1.807, 2.05) is 49.4 Å². The molecule has 0 bridgehead atoms. The van der Waals surface area contributed by atoms with Gasteiger partial charge < -0.3 is 14.4 Å². The van der Waals surface area contributed by atoms with E-state index >= 15 is 0 Å². The average Bonchev–Trinajstić information content (AvgIpc) is 2.88. The topological polar surface area (TPSA) is 101 Å². The summed E-state index contributed by atoms with van der Waals surface area (Å²) < 4.78 is 10.8. The molecule has 0 radical (unpaired) electrons. The van der Waals surface area contributed by atoms with Crippen molar-refractivity contribution in [3.63, 3.8) is 0 Å². The first-order valence-corrected chi connectivity index (χ1v) is 12.2. The molecular formula is C27H32N6O3.